The average molecular weight is 307 g/mol. The number of carbonyl (C=O) groups is 2. The summed E-state index contributed by atoms with van der Waals surface area (Å²) in [6.45, 7) is 3.64. The minimum Gasteiger partial charge on any atom is -0.497 e. The van der Waals surface area contributed by atoms with E-state index in [0.29, 0.717) is 17.1 Å². The van der Waals surface area contributed by atoms with Gasteiger partial charge in [-0.15, -0.1) is 0 Å². The molecule has 0 aliphatic heterocycles. The van der Waals surface area contributed by atoms with Gasteiger partial charge < -0.3 is 14.8 Å². The quantitative estimate of drug-likeness (QED) is 0.448. The van der Waals surface area contributed by atoms with Crippen molar-refractivity contribution in [2.24, 2.45) is 5.10 Å². The Morgan fingerprint density at radius 3 is 2.55 bits per heavy atom. The van der Waals surface area contributed by atoms with Crippen LogP contribution < -0.4 is 20.2 Å². The van der Waals surface area contributed by atoms with E-state index >= 15 is 0 Å². The van der Waals surface area contributed by atoms with E-state index in [2.05, 4.69) is 15.8 Å². The monoisotopic (exact) mass is 307 g/mol. The third-order valence-electron chi connectivity index (χ3n) is 2.60. The Morgan fingerprint density at radius 2 is 1.95 bits per heavy atom. The molecule has 0 saturated heterocycles. The van der Waals surface area contributed by atoms with E-state index < -0.39 is 5.91 Å². The third-order valence-corrected chi connectivity index (χ3v) is 2.60. The number of amides is 2. The lowest BCUT2D eigenvalue weighted by Gasteiger charge is -2.07. The highest BCUT2D eigenvalue weighted by Gasteiger charge is 2.09. The number of hydrogen-bond donors (Lipinski definition) is 2. The fourth-order valence-corrected chi connectivity index (χ4v) is 1.67. The smallest absolute Gasteiger partial charge is 0.249 e. The van der Waals surface area contributed by atoms with Gasteiger partial charge in [0, 0.05) is 11.6 Å². The molecule has 7 heteroatoms. The minimum atomic E-state index is -0.490. The van der Waals surface area contributed by atoms with Crippen molar-refractivity contribution >= 4 is 18.0 Å². The zero-order valence-electron chi connectivity index (χ0n) is 13.2. The molecule has 0 unspecified atom stereocenters. The summed E-state index contributed by atoms with van der Waals surface area (Å²) in [6, 6.07) is 5.20. The Labute approximate surface area is 129 Å². The van der Waals surface area contributed by atoms with Crippen molar-refractivity contribution in [2.45, 2.75) is 26.3 Å². The molecule has 1 rings (SSSR count). The van der Waals surface area contributed by atoms with Crippen LogP contribution in [0.5, 0.6) is 11.5 Å². The first-order valence-corrected chi connectivity index (χ1v) is 6.79. The van der Waals surface area contributed by atoms with E-state index in [9.17, 15) is 9.59 Å². The summed E-state index contributed by atoms with van der Waals surface area (Å²) in [7, 11) is 3.09. The second-order valence-electron chi connectivity index (χ2n) is 4.80. The standard InChI is InChI=1S/C15H21N3O4/c1-10(2)17-14(19)8-15(20)18-16-9-11-7-12(21-3)5-6-13(11)22-4/h5-7,9-10H,8H2,1-4H3,(H,17,19)(H,18,20)/b16-9+. The van der Waals surface area contributed by atoms with Gasteiger partial charge in [0.05, 0.1) is 20.4 Å². The highest BCUT2D eigenvalue weighted by molar-refractivity contribution is 5.97. The van der Waals surface area contributed by atoms with E-state index in [-0.39, 0.29) is 18.4 Å². The number of benzene rings is 1. The number of ether oxygens (including phenoxy) is 2. The van der Waals surface area contributed by atoms with Crippen LogP contribution in [0.1, 0.15) is 25.8 Å². The predicted molar refractivity (Wildman–Crippen MR) is 83.2 cm³/mol. The van der Waals surface area contributed by atoms with Crippen molar-refractivity contribution in [3.05, 3.63) is 23.8 Å². The molecule has 2 N–H and O–H groups in total. The van der Waals surface area contributed by atoms with E-state index in [1.807, 2.05) is 13.8 Å². The Kier molecular flexibility index (Phi) is 6.88. The predicted octanol–water partition coefficient (Wildman–Crippen LogP) is 1.07. The molecule has 0 atom stereocenters. The molecule has 0 spiro atoms. The summed E-state index contributed by atoms with van der Waals surface area (Å²) < 4.78 is 10.3. The van der Waals surface area contributed by atoms with Crippen LogP contribution in [0.25, 0.3) is 0 Å². The van der Waals surface area contributed by atoms with Gasteiger partial charge in [-0.3, -0.25) is 9.59 Å². The normalized spacial score (nSPS) is 10.6. The summed E-state index contributed by atoms with van der Waals surface area (Å²) in [4.78, 5) is 23.0. The first-order valence-electron chi connectivity index (χ1n) is 6.79. The second kappa shape index (κ2) is 8.66. The van der Waals surface area contributed by atoms with Gasteiger partial charge in [-0.05, 0) is 32.0 Å². The molecule has 2 amide bonds. The molecule has 0 aliphatic rings. The molecule has 0 heterocycles. The molecule has 0 saturated carbocycles. The van der Waals surface area contributed by atoms with Gasteiger partial charge in [-0.2, -0.15) is 5.10 Å². The summed E-state index contributed by atoms with van der Waals surface area (Å²) in [5.41, 5.74) is 2.94. The average Bonchev–Trinajstić information content (AvgIpc) is 2.46. The zero-order chi connectivity index (χ0) is 16.5. The van der Waals surface area contributed by atoms with Crippen LogP contribution in [-0.2, 0) is 9.59 Å². The van der Waals surface area contributed by atoms with E-state index in [1.165, 1.54) is 13.3 Å². The molecule has 0 aromatic heterocycles. The molecule has 0 bridgehead atoms. The van der Waals surface area contributed by atoms with Gasteiger partial charge >= 0.3 is 0 Å². The maximum absolute atomic E-state index is 11.6. The molecule has 0 aliphatic carbocycles. The first kappa shape index (κ1) is 17.5. The Balaban J connectivity index is 2.61. The van der Waals surface area contributed by atoms with Crippen molar-refractivity contribution in [2.75, 3.05) is 14.2 Å². The van der Waals surface area contributed by atoms with Crippen LogP contribution in [0.2, 0.25) is 0 Å². The van der Waals surface area contributed by atoms with E-state index in [4.69, 9.17) is 9.47 Å². The summed E-state index contributed by atoms with van der Waals surface area (Å²) in [5, 5.41) is 6.44. The number of rotatable bonds is 7. The van der Waals surface area contributed by atoms with Crippen LogP contribution in [-0.4, -0.2) is 38.3 Å². The van der Waals surface area contributed by atoms with E-state index in [0.717, 1.165) is 0 Å². The topological polar surface area (TPSA) is 89.0 Å². The Morgan fingerprint density at radius 1 is 1.23 bits per heavy atom. The van der Waals surface area contributed by atoms with Crippen LogP contribution in [0.15, 0.2) is 23.3 Å². The van der Waals surface area contributed by atoms with Gasteiger partial charge in [-0.25, -0.2) is 5.43 Å². The molecule has 120 valence electrons. The van der Waals surface area contributed by atoms with Crippen molar-refractivity contribution in [1.82, 2.24) is 10.7 Å². The first-order chi connectivity index (χ1) is 10.5. The fraction of sp³-hybridized carbons (Fsp3) is 0.400. The molecule has 0 fully saturated rings. The summed E-state index contributed by atoms with van der Waals surface area (Å²) in [5.74, 6) is 0.402. The van der Waals surface area contributed by atoms with Crippen LogP contribution in [0.3, 0.4) is 0 Å². The van der Waals surface area contributed by atoms with E-state index in [1.54, 1.807) is 25.3 Å². The fourth-order valence-electron chi connectivity index (χ4n) is 1.67. The van der Waals surface area contributed by atoms with Gasteiger partial charge in [0.1, 0.15) is 17.9 Å². The number of hydrogen-bond acceptors (Lipinski definition) is 5. The van der Waals surface area contributed by atoms with Gasteiger partial charge in [0.15, 0.2) is 0 Å². The largest absolute Gasteiger partial charge is 0.497 e. The lowest BCUT2D eigenvalue weighted by Crippen LogP contribution is -2.34. The second-order valence-corrected chi connectivity index (χ2v) is 4.80. The minimum absolute atomic E-state index is 0.00940. The molecule has 1 aromatic rings. The van der Waals surface area contributed by atoms with Crippen LogP contribution in [0.4, 0.5) is 0 Å². The highest BCUT2D eigenvalue weighted by Crippen LogP contribution is 2.22. The van der Waals surface area contributed by atoms with Gasteiger partial charge in [0.2, 0.25) is 11.8 Å². The SMILES string of the molecule is COc1ccc(OC)c(/C=N/NC(=O)CC(=O)NC(C)C)c1. The lowest BCUT2D eigenvalue weighted by molar-refractivity contribution is -0.129. The van der Waals surface area contributed by atoms with Crippen molar-refractivity contribution in [1.29, 1.82) is 0 Å². The number of carbonyl (C=O) groups excluding carboxylic acids is 2. The lowest BCUT2D eigenvalue weighted by atomic mass is 10.2. The third kappa shape index (κ3) is 5.82. The maximum atomic E-state index is 11.6. The van der Waals surface area contributed by atoms with Crippen molar-refractivity contribution < 1.29 is 19.1 Å². The molecular weight excluding hydrogens is 286 g/mol. The van der Waals surface area contributed by atoms with Crippen LogP contribution in [0, 0.1) is 0 Å². The molecular formula is C15H21N3O4. The number of methoxy groups -OCH3 is 2. The number of nitrogens with one attached hydrogen (secondary N) is 2. The molecule has 0 radical (unpaired) electrons. The van der Waals surface area contributed by atoms with Crippen molar-refractivity contribution in [3.63, 3.8) is 0 Å². The van der Waals surface area contributed by atoms with Crippen LogP contribution >= 0.6 is 0 Å². The zero-order valence-corrected chi connectivity index (χ0v) is 13.2. The molecule has 22 heavy (non-hydrogen) atoms. The molecule has 1 aromatic carbocycles. The summed E-state index contributed by atoms with van der Waals surface area (Å²) >= 11 is 0. The van der Waals surface area contributed by atoms with Crippen molar-refractivity contribution in [3.8, 4) is 11.5 Å². The Bertz CT molecular complexity index is 556. The highest BCUT2D eigenvalue weighted by atomic mass is 16.5. The Hall–Kier alpha value is -2.57. The maximum Gasteiger partial charge on any atom is 0.249 e. The number of hydrazone groups is 1. The van der Waals surface area contributed by atoms with Gasteiger partial charge in [-0.1, -0.05) is 0 Å². The molecule has 7 nitrogen and oxygen atoms in total. The number of nitrogens with zero attached hydrogens (tertiary/aromatic N) is 1. The summed E-state index contributed by atoms with van der Waals surface area (Å²) in [6.07, 6.45) is 1.16. The van der Waals surface area contributed by atoms with Gasteiger partial charge in [0.25, 0.3) is 0 Å².